The molecule has 2 aliphatic rings. The van der Waals surface area contributed by atoms with E-state index in [4.69, 9.17) is 16.3 Å². The second-order valence-electron chi connectivity index (χ2n) is 10.1. The van der Waals surface area contributed by atoms with Crippen molar-refractivity contribution in [2.45, 2.75) is 63.1 Å². The Morgan fingerprint density at radius 1 is 0.794 bits per heavy atom. The zero-order chi connectivity index (χ0) is 23.2. The Hall–Kier alpha value is -2.13. The maximum atomic E-state index is 6.53. The molecule has 0 amide bonds. The molecule has 2 unspecified atom stereocenters. The quantitative estimate of drug-likeness (QED) is 0.299. The van der Waals surface area contributed by atoms with Gasteiger partial charge in [-0.1, -0.05) is 84.4 Å². The number of halogens is 1. The van der Waals surface area contributed by atoms with Gasteiger partial charge in [-0.3, -0.25) is 4.90 Å². The summed E-state index contributed by atoms with van der Waals surface area (Å²) in [5.41, 5.74) is 3.84. The summed E-state index contributed by atoms with van der Waals surface area (Å²) in [6, 6.07) is 31.2. The average molecular weight is 474 g/mol. The molecular weight excluding hydrogens is 438 g/mol. The first kappa shape index (κ1) is 23.6. The SMILES string of the molecule is Clc1ccc(C(OCCC2C[C@H]3CC[C@@H](C2)N3CCCc2ccccc2)c2ccccc2)cc1. The predicted octanol–water partition coefficient (Wildman–Crippen LogP) is 7.71. The molecular formula is C31H36ClNO. The largest absolute Gasteiger partial charge is 0.369 e. The topological polar surface area (TPSA) is 12.5 Å². The summed E-state index contributed by atoms with van der Waals surface area (Å²) in [4.78, 5) is 2.83. The molecule has 0 radical (unpaired) electrons. The first-order chi connectivity index (χ1) is 16.8. The molecule has 3 heteroatoms. The minimum absolute atomic E-state index is 0.0340. The molecule has 0 spiro atoms. The second kappa shape index (κ2) is 11.5. The van der Waals surface area contributed by atoms with E-state index in [0.717, 1.165) is 36.1 Å². The highest BCUT2D eigenvalue weighted by Crippen LogP contribution is 2.40. The number of rotatable bonds is 10. The third-order valence-corrected chi connectivity index (χ3v) is 8.04. The van der Waals surface area contributed by atoms with Crippen molar-refractivity contribution in [3.05, 3.63) is 107 Å². The lowest BCUT2D eigenvalue weighted by Crippen LogP contribution is -2.43. The molecule has 0 saturated carbocycles. The van der Waals surface area contributed by atoms with Gasteiger partial charge in [-0.05, 0) is 86.2 Å². The van der Waals surface area contributed by atoms with Crippen LogP contribution in [0, 0.1) is 5.92 Å². The van der Waals surface area contributed by atoms with Crippen LogP contribution >= 0.6 is 11.6 Å². The number of fused-ring (bicyclic) bond motifs is 2. The predicted molar refractivity (Wildman–Crippen MR) is 141 cm³/mol. The zero-order valence-corrected chi connectivity index (χ0v) is 20.7. The van der Waals surface area contributed by atoms with Crippen molar-refractivity contribution in [3.63, 3.8) is 0 Å². The van der Waals surface area contributed by atoms with Crippen molar-refractivity contribution in [1.82, 2.24) is 4.90 Å². The Morgan fingerprint density at radius 3 is 2.09 bits per heavy atom. The smallest absolute Gasteiger partial charge is 0.108 e. The van der Waals surface area contributed by atoms with E-state index in [0.29, 0.717) is 0 Å². The van der Waals surface area contributed by atoms with Crippen LogP contribution in [0.4, 0.5) is 0 Å². The van der Waals surface area contributed by atoms with Crippen LogP contribution in [0.5, 0.6) is 0 Å². The van der Waals surface area contributed by atoms with Crippen LogP contribution in [0.25, 0.3) is 0 Å². The third-order valence-electron chi connectivity index (χ3n) is 7.79. The van der Waals surface area contributed by atoms with E-state index in [1.807, 2.05) is 12.1 Å². The second-order valence-corrected chi connectivity index (χ2v) is 10.5. The van der Waals surface area contributed by atoms with E-state index < -0.39 is 0 Å². The van der Waals surface area contributed by atoms with Gasteiger partial charge >= 0.3 is 0 Å². The van der Waals surface area contributed by atoms with Crippen LogP contribution in [-0.4, -0.2) is 30.1 Å². The highest BCUT2D eigenvalue weighted by atomic mass is 35.5. The fourth-order valence-electron chi connectivity index (χ4n) is 6.10. The number of hydrogen-bond donors (Lipinski definition) is 0. The normalized spacial score (nSPS) is 23.1. The molecule has 0 aromatic heterocycles. The van der Waals surface area contributed by atoms with Gasteiger partial charge in [0.05, 0.1) is 0 Å². The number of benzene rings is 3. The van der Waals surface area contributed by atoms with Gasteiger partial charge in [0.15, 0.2) is 0 Å². The van der Waals surface area contributed by atoms with E-state index in [-0.39, 0.29) is 6.10 Å². The highest BCUT2D eigenvalue weighted by Gasteiger charge is 2.39. The number of nitrogens with zero attached hydrogens (tertiary/aromatic N) is 1. The average Bonchev–Trinajstić information content (AvgIpc) is 3.11. The highest BCUT2D eigenvalue weighted by molar-refractivity contribution is 6.30. The Balaban J connectivity index is 1.12. The third kappa shape index (κ3) is 5.92. The van der Waals surface area contributed by atoms with Gasteiger partial charge in [-0.25, -0.2) is 0 Å². The van der Waals surface area contributed by atoms with Crippen LogP contribution in [0.2, 0.25) is 5.02 Å². The van der Waals surface area contributed by atoms with Gasteiger partial charge in [0.1, 0.15) is 6.10 Å². The fraction of sp³-hybridized carbons (Fsp3) is 0.419. The van der Waals surface area contributed by atoms with Gasteiger partial charge in [0.2, 0.25) is 0 Å². The maximum Gasteiger partial charge on any atom is 0.108 e. The first-order valence-corrected chi connectivity index (χ1v) is 13.4. The Labute approximate surface area is 209 Å². The summed E-state index contributed by atoms with van der Waals surface area (Å²) >= 11 is 6.13. The molecule has 2 bridgehead atoms. The van der Waals surface area contributed by atoms with Crippen LogP contribution in [0.15, 0.2) is 84.9 Å². The molecule has 2 saturated heterocycles. The Kier molecular flexibility index (Phi) is 8.01. The van der Waals surface area contributed by atoms with Crippen LogP contribution in [-0.2, 0) is 11.2 Å². The monoisotopic (exact) mass is 473 g/mol. The molecule has 178 valence electrons. The Morgan fingerprint density at radius 2 is 1.41 bits per heavy atom. The minimum Gasteiger partial charge on any atom is -0.369 e. The molecule has 34 heavy (non-hydrogen) atoms. The molecule has 3 aromatic carbocycles. The van der Waals surface area contributed by atoms with Crippen LogP contribution in [0.1, 0.15) is 61.3 Å². The van der Waals surface area contributed by atoms with E-state index >= 15 is 0 Å². The van der Waals surface area contributed by atoms with Crippen molar-refractivity contribution in [2.75, 3.05) is 13.2 Å². The van der Waals surface area contributed by atoms with Crippen molar-refractivity contribution in [3.8, 4) is 0 Å². The van der Waals surface area contributed by atoms with Crippen molar-refractivity contribution in [1.29, 1.82) is 0 Å². The summed E-state index contributed by atoms with van der Waals surface area (Å²) in [5.74, 6) is 0.782. The first-order valence-electron chi connectivity index (χ1n) is 13.0. The number of piperidine rings is 1. The van der Waals surface area contributed by atoms with Gasteiger partial charge in [-0.15, -0.1) is 0 Å². The Bertz CT molecular complexity index is 993. The molecule has 0 aliphatic carbocycles. The molecule has 4 atom stereocenters. The summed E-state index contributed by atoms with van der Waals surface area (Å²) in [7, 11) is 0. The lowest BCUT2D eigenvalue weighted by molar-refractivity contribution is 0.0461. The van der Waals surface area contributed by atoms with Gasteiger partial charge in [0, 0.05) is 23.7 Å². The van der Waals surface area contributed by atoms with E-state index in [2.05, 4.69) is 77.7 Å². The fourth-order valence-corrected chi connectivity index (χ4v) is 6.23. The van der Waals surface area contributed by atoms with Crippen molar-refractivity contribution < 1.29 is 4.74 Å². The molecule has 2 heterocycles. The van der Waals surface area contributed by atoms with Gasteiger partial charge in [-0.2, -0.15) is 0 Å². The zero-order valence-electron chi connectivity index (χ0n) is 20.0. The lowest BCUT2D eigenvalue weighted by atomic mass is 9.88. The molecule has 2 aliphatic heterocycles. The summed E-state index contributed by atoms with van der Waals surface area (Å²) in [6.07, 6.45) is 9.01. The lowest BCUT2D eigenvalue weighted by Gasteiger charge is -2.39. The van der Waals surface area contributed by atoms with E-state index in [1.54, 1.807) is 0 Å². The molecule has 0 N–H and O–H groups in total. The molecule has 3 aromatic rings. The van der Waals surface area contributed by atoms with E-state index in [1.165, 1.54) is 61.8 Å². The molecule has 5 rings (SSSR count). The summed E-state index contributed by atoms with van der Waals surface area (Å²) in [6.45, 7) is 2.06. The van der Waals surface area contributed by atoms with E-state index in [9.17, 15) is 0 Å². The van der Waals surface area contributed by atoms with Crippen molar-refractivity contribution >= 4 is 11.6 Å². The standard InChI is InChI=1S/C31H36ClNO/c32-28-15-13-27(14-16-28)31(26-11-5-2-6-12-26)34-21-19-25-22-29-17-18-30(23-25)33(29)20-7-10-24-8-3-1-4-9-24/h1-6,8-9,11-16,25,29-31H,7,10,17-23H2/t25?,29-,30+,31?. The summed E-state index contributed by atoms with van der Waals surface area (Å²) < 4.78 is 6.53. The number of hydrogen-bond acceptors (Lipinski definition) is 2. The number of aryl methyl sites for hydroxylation is 1. The number of ether oxygens (including phenoxy) is 1. The van der Waals surface area contributed by atoms with Crippen LogP contribution in [0.3, 0.4) is 0 Å². The molecule has 2 nitrogen and oxygen atoms in total. The maximum absolute atomic E-state index is 6.53. The molecule has 2 fully saturated rings. The van der Waals surface area contributed by atoms with Crippen LogP contribution < -0.4 is 0 Å². The van der Waals surface area contributed by atoms with Crippen molar-refractivity contribution in [2.24, 2.45) is 5.92 Å². The minimum atomic E-state index is -0.0340. The van der Waals surface area contributed by atoms with Gasteiger partial charge in [0.25, 0.3) is 0 Å². The summed E-state index contributed by atoms with van der Waals surface area (Å²) in [5, 5.41) is 0.765. The van der Waals surface area contributed by atoms with Gasteiger partial charge < -0.3 is 4.74 Å².